The summed E-state index contributed by atoms with van der Waals surface area (Å²) >= 11 is 0. The normalized spacial score (nSPS) is 11.7. The first kappa shape index (κ1) is 18.4. The van der Waals surface area contributed by atoms with Crippen LogP contribution in [0.25, 0.3) is 0 Å². The van der Waals surface area contributed by atoms with Crippen LogP contribution in [0, 0.1) is 20.8 Å². The van der Waals surface area contributed by atoms with Crippen molar-refractivity contribution >= 4 is 17.6 Å². The maximum Gasteiger partial charge on any atom is 0.378 e. The third-order valence-corrected chi connectivity index (χ3v) is 3.88. The lowest BCUT2D eigenvalue weighted by Crippen LogP contribution is -2.26. The zero-order chi connectivity index (χ0) is 19.4. The van der Waals surface area contributed by atoms with Gasteiger partial charge in [-0.2, -0.15) is 0 Å². The lowest BCUT2D eigenvalue weighted by molar-refractivity contribution is -0.125. The van der Waals surface area contributed by atoms with Crippen molar-refractivity contribution < 1.29 is 18.8 Å². The van der Waals surface area contributed by atoms with Gasteiger partial charge in [-0.05, 0) is 44.0 Å². The van der Waals surface area contributed by atoms with Gasteiger partial charge in [0.2, 0.25) is 11.9 Å². The van der Waals surface area contributed by atoms with E-state index in [0.29, 0.717) is 16.9 Å². The Bertz CT molecular complexity index is 943. The SMILES string of the molecule is Cc1cc(C)cc(NC(=O)[C@H](OC(=O)c2cc(C)no2)c2ccccc2)c1. The van der Waals surface area contributed by atoms with Gasteiger partial charge in [0.25, 0.3) is 5.91 Å². The van der Waals surface area contributed by atoms with Gasteiger partial charge in [0.15, 0.2) is 0 Å². The van der Waals surface area contributed by atoms with Crippen molar-refractivity contribution in [2.24, 2.45) is 0 Å². The van der Waals surface area contributed by atoms with Gasteiger partial charge < -0.3 is 14.6 Å². The van der Waals surface area contributed by atoms with E-state index in [4.69, 9.17) is 9.26 Å². The predicted molar refractivity (Wildman–Crippen MR) is 100 cm³/mol. The summed E-state index contributed by atoms with van der Waals surface area (Å²) in [6.45, 7) is 5.59. The zero-order valence-corrected chi connectivity index (χ0v) is 15.4. The van der Waals surface area contributed by atoms with Crippen LogP contribution in [0.5, 0.6) is 0 Å². The third-order valence-electron chi connectivity index (χ3n) is 3.88. The second kappa shape index (κ2) is 7.86. The number of aromatic nitrogens is 1. The fourth-order valence-electron chi connectivity index (χ4n) is 2.78. The summed E-state index contributed by atoms with van der Waals surface area (Å²) in [6.07, 6.45) is -1.12. The Morgan fingerprint density at radius 2 is 1.67 bits per heavy atom. The highest BCUT2D eigenvalue weighted by Crippen LogP contribution is 2.23. The van der Waals surface area contributed by atoms with Crippen molar-refractivity contribution in [2.45, 2.75) is 26.9 Å². The maximum atomic E-state index is 12.9. The van der Waals surface area contributed by atoms with Crippen LogP contribution in [0.4, 0.5) is 5.69 Å². The van der Waals surface area contributed by atoms with E-state index in [0.717, 1.165) is 11.1 Å². The highest BCUT2D eigenvalue weighted by atomic mass is 16.6. The molecule has 3 aromatic rings. The minimum Gasteiger partial charge on any atom is -0.441 e. The molecule has 27 heavy (non-hydrogen) atoms. The second-order valence-corrected chi connectivity index (χ2v) is 6.39. The fourth-order valence-corrected chi connectivity index (χ4v) is 2.78. The van der Waals surface area contributed by atoms with Crippen molar-refractivity contribution in [2.75, 3.05) is 5.32 Å². The average molecular weight is 364 g/mol. The van der Waals surface area contributed by atoms with Gasteiger partial charge in [-0.3, -0.25) is 4.79 Å². The molecule has 0 bridgehead atoms. The number of rotatable bonds is 5. The molecule has 3 rings (SSSR count). The Morgan fingerprint density at radius 1 is 1.00 bits per heavy atom. The molecule has 0 spiro atoms. The van der Waals surface area contributed by atoms with Gasteiger partial charge >= 0.3 is 5.97 Å². The van der Waals surface area contributed by atoms with Crippen molar-refractivity contribution in [1.82, 2.24) is 5.16 Å². The molecule has 1 N–H and O–H groups in total. The Kier molecular flexibility index (Phi) is 5.35. The summed E-state index contributed by atoms with van der Waals surface area (Å²) in [5.74, 6) is -1.25. The van der Waals surface area contributed by atoms with Crippen molar-refractivity contribution in [1.29, 1.82) is 0 Å². The minimum atomic E-state index is -1.12. The summed E-state index contributed by atoms with van der Waals surface area (Å²) in [5.41, 5.74) is 3.80. The van der Waals surface area contributed by atoms with E-state index < -0.39 is 18.0 Å². The largest absolute Gasteiger partial charge is 0.441 e. The molecule has 1 aromatic heterocycles. The molecule has 0 saturated carbocycles. The van der Waals surface area contributed by atoms with Crippen LogP contribution in [0.2, 0.25) is 0 Å². The molecule has 1 amide bonds. The topological polar surface area (TPSA) is 81.4 Å². The number of amides is 1. The molecule has 2 aromatic carbocycles. The molecule has 6 nitrogen and oxygen atoms in total. The van der Waals surface area contributed by atoms with Gasteiger partial charge in [0, 0.05) is 17.3 Å². The van der Waals surface area contributed by atoms with Crippen LogP contribution in [0.3, 0.4) is 0 Å². The Labute approximate surface area is 157 Å². The van der Waals surface area contributed by atoms with Gasteiger partial charge in [0.05, 0.1) is 5.69 Å². The summed E-state index contributed by atoms with van der Waals surface area (Å²) in [7, 11) is 0. The number of aryl methyl sites for hydroxylation is 3. The van der Waals surface area contributed by atoms with Crippen LogP contribution in [-0.4, -0.2) is 17.0 Å². The van der Waals surface area contributed by atoms with Gasteiger partial charge in [0.1, 0.15) is 0 Å². The standard InChI is InChI=1S/C21H20N2O4/c1-13-9-14(2)11-17(10-13)22-20(24)19(16-7-5-4-6-8-16)26-21(25)18-12-15(3)23-27-18/h4-12,19H,1-3H3,(H,22,24)/t19-/m1/s1. The monoisotopic (exact) mass is 364 g/mol. The van der Waals surface area contributed by atoms with Gasteiger partial charge in [-0.25, -0.2) is 4.79 Å². The molecule has 0 fully saturated rings. The van der Waals surface area contributed by atoms with E-state index in [1.165, 1.54) is 6.07 Å². The number of nitrogens with zero attached hydrogens (tertiary/aromatic N) is 1. The molecule has 0 aliphatic rings. The van der Waals surface area contributed by atoms with E-state index in [1.807, 2.05) is 38.1 Å². The Morgan fingerprint density at radius 3 is 2.26 bits per heavy atom. The van der Waals surface area contributed by atoms with Crippen LogP contribution >= 0.6 is 0 Å². The fraction of sp³-hybridized carbons (Fsp3) is 0.190. The molecule has 0 saturated heterocycles. The van der Waals surface area contributed by atoms with Crippen molar-refractivity contribution in [3.05, 3.63) is 82.7 Å². The Balaban J connectivity index is 1.85. The van der Waals surface area contributed by atoms with Crippen LogP contribution < -0.4 is 5.32 Å². The number of anilines is 1. The second-order valence-electron chi connectivity index (χ2n) is 6.39. The van der Waals surface area contributed by atoms with E-state index in [-0.39, 0.29) is 5.76 Å². The number of hydrogen-bond donors (Lipinski definition) is 1. The molecule has 138 valence electrons. The lowest BCUT2D eigenvalue weighted by Gasteiger charge is -2.18. The molecule has 0 aliphatic heterocycles. The quantitative estimate of drug-likeness (QED) is 0.688. The smallest absolute Gasteiger partial charge is 0.378 e. The number of carbonyl (C=O) groups excluding carboxylic acids is 2. The van der Waals surface area contributed by atoms with Gasteiger partial charge in [-0.15, -0.1) is 0 Å². The molecule has 1 atom stereocenters. The first-order valence-corrected chi connectivity index (χ1v) is 8.51. The average Bonchev–Trinajstić information content (AvgIpc) is 3.06. The van der Waals surface area contributed by atoms with E-state index in [2.05, 4.69) is 10.5 Å². The first-order valence-electron chi connectivity index (χ1n) is 8.51. The molecule has 0 unspecified atom stereocenters. The highest BCUT2D eigenvalue weighted by Gasteiger charge is 2.27. The summed E-state index contributed by atoms with van der Waals surface area (Å²) in [6, 6.07) is 16.0. The molecule has 0 aliphatic carbocycles. The number of benzene rings is 2. The maximum absolute atomic E-state index is 12.9. The minimum absolute atomic E-state index is 0.0485. The molecule has 6 heteroatoms. The molecular weight excluding hydrogens is 344 g/mol. The van der Waals surface area contributed by atoms with E-state index >= 15 is 0 Å². The summed E-state index contributed by atoms with van der Waals surface area (Å²) < 4.78 is 10.4. The molecule has 0 radical (unpaired) electrons. The van der Waals surface area contributed by atoms with Crippen molar-refractivity contribution in [3.8, 4) is 0 Å². The van der Waals surface area contributed by atoms with E-state index in [9.17, 15) is 9.59 Å². The number of ether oxygens (including phenoxy) is 1. The van der Waals surface area contributed by atoms with Crippen LogP contribution in [0.1, 0.15) is 39.0 Å². The van der Waals surface area contributed by atoms with Crippen molar-refractivity contribution in [3.63, 3.8) is 0 Å². The molecular formula is C21H20N2O4. The predicted octanol–water partition coefficient (Wildman–Crippen LogP) is 4.14. The number of hydrogen-bond acceptors (Lipinski definition) is 5. The van der Waals surface area contributed by atoms with Crippen LogP contribution in [-0.2, 0) is 9.53 Å². The number of esters is 1. The highest BCUT2D eigenvalue weighted by molar-refractivity contribution is 5.97. The summed E-state index contributed by atoms with van der Waals surface area (Å²) in [5, 5.41) is 6.50. The summed E-state index contributed by atoms with van der Waals surface area (Å²) in [4.78, 5) is 25.2. The first-order chi connectivity index (χ1) is 12.9. The van der Waals surface area contributed by atoms with Gasteiger partial charge in [-0.1, -0.05) is 41.6 Å². The van der Waals surface area contributed by atoms with E-state index in [1.54, 1.807) is 31.2 Å². The Hall–Kier alpha value is -3.41. The van der Waals surface area contributed by atoms with Crippen LogP contribution in [0.15, 0.2) is 59.1 Å². The third kappa shape index (κ3) is 4.61. The lowest BCUT2D eigenvalue weighted by atomic mass is 10.1. The number of nitrogens with one attached hydrogen (secondary N) is 1. The number of carbonyl (C=O) groups is 2. The molecule has 1 heterocycles. The zero-order valence-electron chi connectivity index (χ0n) is 15.4.